The van der Waals surface area contributed by atoms with Crippen molar-refractivity contribution in [3.8, 4) is 0 Å². The first-order chi connectivity index (χ1) is 9.16. The Morgan fingerprint density at radius 1 is 1.21 bits per heavy atom. The Bertz CT molecular complexity index is 476. The molecule has 2 aromatic rings. The number of benzene rings is 1. The Hall–Kier alpha value is -1.74. The van der Waals surface area contributed by atoms with E-state index in [-0.39, 0.29) is 6.04 Å². The predicted molar refractivity (Wildman–Crippen MR) is 79.6 cm³/mol. The Morgan fingerprint density at radius 3 is 2.58 bits per heavy atom. The zero-order chi connectivity index (χ0) is 13.7. The minimum atomic E-state index is 0.251. The molecule has 0 saturated heterocycles. The molecule has 1 heterocycles. The van der Waals surface area contributed by atoms with Crippen molar-refractivity contribution >= 4 is 5.69 Å². The molecule has 0 aliphatic carbocycles. The second-order valence-corrected chi connectivity index (χ2v) is 4.95. The summed E-state index contributed by atoms with van der Waals surface area (Å²) in [5, 5.41) is 3.46. The molecule has 0 amide bonds. The molecule has 1 atom stereocenters. The van der Waals surface area contributed by atoms with Gasteiger partial charge in [-0.1, -0.05) is 17.7 Å². The lowest BCUT2D eigenvalue weighted by Crippen LogP contribution is -2.30. The number of furan rings is 1. The number of hydrogen-bond acceptors (Lipinski definition) is 3. The monoisotopic (exact) mass is 258 g/mol. The van der Waals surface area contributed by atoms with Crippen LogP contribution in [0, 0.1) is 6.92 Å². The van der Waals surface area contributed by atoms with E-state index in [0.717, 1.165) is 18.8 Å². The van der Waals surface area contributed by atoms with E-state index in [0.29, 0.717) is 0 Å². The predicted octanol–water partition coefficient (Wildman–Crippen LogP) is 3.38. The molecule has 1 aromatic heterocycles. The minimum Gasteiger partial charge on any atom is -0.468 e. The van der Waals surface area contributed by atoms with Crippen molar-refractivity contribution in [1.82, 2.24) is 5.32 Å². The van der Waals surface area contributed by atoms with Gasteiger partial charge in [0.25, 0.3) is 0 Å². The maximum Gasteiger partial charge on any atom is 0.120 e. The van der Waals surface area contributed by atoms with Crippen LogP contribution in [-0.4, -0.2) is 20.1 Å². The molecular weight excluding hydrogens is 236 g/mol. The molecule has 0 fully saturated rings. The van der Waals surface area contributed by atoms with Gasteiger partial charge in [-0.25, -0.2) is 0 Å². The average molecular weight is 258 g/mol. The fourth-order valence-electron chi connectivity index (χ4n) is 2.02. The molecule has 2 rings (SSSR count). The normalized spacial score (nSPS) is 12.4. The molecule has 102 valence electrons. The van der Waals surface area contributed by atoms with E-state index in [2.05, 4.69) is 55.4 Å². The van der Waals surface area contributed by atoms with Crippen molar-refractivity contribution in [3.05, 3.63) is 54.0 Å². The highest BCUT2D eigenvalue weighted by atomic mass is 16.3. The van der Waals surface area contributed by atoms with Crippen LogP contribution in [0.15, 0.2) is 47.1 Å². The van der Waals surface area contributed by atoms with Gasteiger partial charge in [-0.05, 0) is 38.1 Å². The lowest BCUT2D eigenvalue weighted by Gasteiger charge is -2.21. The van der Waals surface area contributed by atoms with Crippen molar-refractivity contribution in [2.75, 3.05) is 25.0 Å². The van der Waals surface area contributed by atoms with E-state index < -0.39 is 0 Å². The van der Waals surface area contributed by atoms with E-state index >= 15 is 0 Å². The fraction of sp³-hybridized carbons (Fsp3) is 0.375. The zero-order valence-electron chi connectivity index (χ0n) is 11.9. The number of anilines is 1. The highest BCUT2D eigenvalue weighted by Crippen LogP contribution is 2.14. The third-order valence-electron chi connectivity index (χ3n) is 3.34. The van der Waals surface area contributed by atoms with Gasteiger partial charge in [0.1, 0.15) is 5.76 Å². The number of nitrogens with one attached hydrogen (secondary N) is 1. The second kappa shape index (κ2) is 6.43. The van der Waals surface area contributed by atoms with E-state index in [1.165, 1.54) is 11.3 Å². The third-order valence-corrected chi connectivity index (χ3v) is 3.34. The molecule has 1 unspecified atom stereocenters. The van der Waals surface area contributed by atoms with Gasteiger partial charge in [-0.2, -0.15) is 0 Å². The number of aryl methyl sites for hydroxylation is 1. The lowest BCUT2D eigenvalue weighted by molar-refractivity contribution is 0.433. The van der Waals surface area contributed by atoms with E-state index in [9.17, 15) is 0 Å². The standard InChI is InChI=1S/C16H22N2O/c1-13-6-8-15(9-7-13)18(3)11-10-17-14(2)16-5-4-12-19-16/h4-9,12,14,17H,10-11H2,1-3H3. The average Bonchev–Trinajstić information content (AvgIpc) is 2.93. The van der Waals surface area contributed by atoms with Crippen molar-refractivity contribution in [3.63, 3.8) is 0 Å². The van der Waals surface area contributed by atoms with Crippen LogP contribution in [0.4, 0.5) is 5.69 Å². The van der Waals surface area contributed by atoms with Crippen LogP contribution < -0.4 is 10.2 Å². The summed E-state index contributed by atoms with van der Waals surface area (Å²) in [6, 6.07) is 12.8. The van der Waals surface area contributed by atoms with E-state index in [1.54, 1.807) is 6.26 Å². The highest BCUT2D eigenvalue weighted by molar-refractivity contribution is 5.46. The van der Waals surface area contributed by atoms with Gasteiger partial charge < -0.3 is 14.6 Å². The van der Waals surface area contributed by atoms with Crippen LogP contribution in [0.1, 0.15) is 24.3 Å². The molecule has 1 N–H and O–H groups in total. The van der Waals surface area contributed by atoms with Gasteiger partial charge in [-0.15, -0.1) is 0 Å². The van der Waals surface area contributed by atoms with Gasteiger partial charge in [0.05, 0.1) is 12.3 Å². The van der Waals surface area contributed by atoms with E-state index in [1.807, 2.05) is 12.1 Å². The van der Waals surface area contributed by atoms with Crippen LogP contribution in [0.5, 0.6) is 0 Å². The summed E-state index contributed by atoms with van der Waals surface area (Å²) in [6.07, 6.45) is 1.71. The molecular formula is C16H22N2O. The number of rotatable bonds is 6. The Balaban J connectivity index is 1.77. The van der Waals surface area contributed by atoms with Gasteiger partial charge in [0.2, 0.25) is 0 Å². The van der Waals surface area contributed by atoms with Crippen molar-refractivity contribution in [2.24, 2.45) is 0 Å². The quantitative estimate of drug-likeness (QED) is 0.861. The lowest BCUT2D eigenvalue weighted by atomic mass is 10.2. The highest BCUT2D eigenvalue weighted by Gasteiger charge is 2.07. The molecule has 3 heteroatoms. The summed E-state index contributed by atoms with van der Waals surface area (Å²) < 4.78 is 5.37. The summed E-state index contributed by atoms with van der Waals surface area (Å²) >= 11 is 0. The van der Waals surface area contributed by atoms with Crippen molar-refractivity contribution in [2.45, 2.75) is 19.9 Å². The molecule has 0 saturated carbocycles. The van der Waals surface area contributed by atoms with Crippen LogP contribution in [0.25, 0.3) is 0 Å². The van der Waals surface area contributed by atoms with Gasteiger partial charge in [0.15, 0.2) is 0 Å². The zero-order valence-corrected chi connectivity index (χ0v) is 11.9. The Labute approximate surface area is 115 Å². The van der Waals surface area contributed by atoms with Crippen LogP contribution >= 0.6 is 0 Å². The maximum absolute atomic E-state index is 5.37. The van der Waals surface area contributed by atoms with Gasteiger partial charge in [0, 0.05) is 25.8 Å². The summed E-state index contributed by atoms with van der Waals surface area (Å²) in [7, 11) is 2.11. The summed E-state index contributed by atoms with van der Waals surface area (Å²) in [5.41, 5.74) is 2.54. The van der Waals surface area contributed by atoms with Crippen LogP contribution in [0.2, 0.25) is 0 Å². The Kier molecular flexibility index (Phi) is 4.63. The molecule has 1 aromatic carbocycles. The molecule has 0 bridgehead atoms. The van der Waals surface area contributed by atoms with Crippen LogP contribution in [-0.2, 0) is 0 Å². The summed E-state index contributed by atoms with van der Waals surface area (Å²) in [4.78, 5) is 2.25. The number of nitrogens with zero attached hydrogens (tertiary/aromatic N) is 1. The minimum absolute atomic E-state index is 0.251. The first-order valence-electron chi connectivity index (χ1n) is 6.71. The molecule has 0 aliphatic heterocycles. The molecule has 0 radical (unpaired) electrons. The second-order valence-electron chi connectivity index (χ2n) is 4.95. The number of hydrogen-bond donors (Lipinski definition) is 1. The smallest absolute Gasteiger partial charge is 0.120 e. The largest absolute Gasteiger partial charge is 0.468 e. The van der Waals surface area contributed by atoms with Crippen molar-refractivity contribution in [1.29, 1.82) is 0 Å². The topological polar surface area (TPSA) is 28.4 Å². The SMILES string of the molecule is Cc1ccc(N(C)CCNC(C)c2ccco2)cc1. The molecule has 3 nitrogen and oxygen atoms in total. The van der Waals surface area contributed by atoms with E-state index in [4.69, 9.17) is 4.42 Å². The van der Waals surface area contributed by atoms with Gasteiger partial charge in [-0.3, -0.25) is 0 Å². The maximum atomic E-state index is 5.37. The molecule has 19 heavy (non-hydrogen) atoms. The summed E-state index contributed by atoms with van der Waals surface area (Å²) in [6.45, 7) is 6.11. The van der Waals surface area contributed by atoms with Gasteiger partial charge >= 0.3 is 0 Å². The first kappa shape index (κ1) is 13.7. The fourth-order valence-corrected chi connectivity index (χ4v) is 2.02. The Morgan fingerprint density at radius 2 is 1.95 bits per heavy atom. The third kappa shape index (κ3) is 3.86. The summed E-state index contributed by atoms with van der Waals surface area (Å²) in [5.74, 6) is 0.984. The molecule has 0 aliphatic rings. The van der Waals surface area contributed by atoms with Crippen molar-refractivity contribution < 1.29 is 4.42 Å². The molecule has 0 spiro atoms. The number of likely N-dealkylation sites (N-methyl/N-ethyl adjacent to an activating group) is 1. The first-order valence-corrected chi connectivity index (χ1v) is 6.71. The van der Waals surface area contributed by atoms with Crippen LogP contribution in [0.3, 0.4) is 0 Å².